The second kappa shape index (κ2) is 4.88. The first-order valence-corrected chi connectivity index (χ1v) is 7.19. The molecule has 1 fully saturated rings. The molecule has 3 nitrogen and oxygen atoms in total. The van der Waals surface area contributed by atoms with Crippen molar-refractivity contribution in [2.24, 2.45) is 5.92 Å². The number of hydrogen-bond acceptors (Lipinski definition) is 2. The van der Waals surface area contributed by atoms with Crippen LogP contribution in [0.4, 0.5) is 0 Å². The summed E-state index contributed by atoms with van der Waals surface area (Å²) in [5, 5.41) is 0. The Balaban J connectivity index is 1.91. The van der Waals surface area contributed by atoms with E-state index in [1.807, 2.05) is 13.1 Å². The van der Waals surface area contributed by atoms with E-state index in [0.29, 0.717) is 5.88 Å². The SMILES string of the molecule is Cc1cnc2c(c1)nc(CCl)n2CCC1CCC1. The molecule has 1 aliphatic carbocycles. The molecule has 2 heterocycles. The third kappa shape index (κ3) is 2.12. The van der Waals surface area contributed by atoms with E-state index in [0.717, 1.165) is 35.0 Å². The minimum atomic E-state index is 0.458. The van der Waals surface area contributed by atoms with E-state index >= 15 is 0 Å². The van der Waals surface area contributed by atoms with E-state index < -0.39 is 0 Å². The van der Waals surface area contributed by atoms with E-state index in [4.69, 9.17) is 11.6 Å². The maximum absolute atomic E-state index is 6.00. The summed E-state index contributed by atoms with van der Waals surface area (Å²) in [6.07, 6.45) is 7.30. The summed E-state index contributed by atoms with van der Waals surface area (Å²) >= 11 is 6.00. The number of hydrogen-bond donors (Lipinski definition) is 0. The van der Waals surface area contributed by atoms with E-state index in [1.165, 1.54) is 25.7 Å². The summed E-state index contributed by atoms with van der Waals surface area (Å²) in [6.45, 7) is 3.04. The van der Waals surface area contributed by atoms with Crippen LogP contribution in [0.25, 0.3) is 11.2 Å². The number of aryl methyl sites for hydroxylation is 2. The zero-order valence-electron chi connectivity index (χ0n) is 10.7. The normalized spacial score (nSPS) is 16.1. The molecule has 1 aliphatic rings. The highest BCUT2D eigenvalue weighted by Gasteiger charge is 2.18. The van der Waals surface area contributed by atoms with Gasteiger partial charge in [0.2, 0.25) is 0 Å². The van der Waals surface area contributed by atoms with E-state index in [2.05, 4.69) is 20.6 Å². The molecule has 2 aromatic rings. The predicted molar refractivity (Wildman–Crippen MR) is 73.8 cm³/mol. The number of rotatable bonds is 4. The number of pyridine rings is 1. The summed E-state index contributed by atoms with van der Waals surface area (Å²) in [7, 11) is 0. The Morgan fingerprint density at radius 1 is 1.44 bits per heavy atom. The lowest BCUT2D eigenvalue weighted by atomic mass is 9.83. The molecule has 1 saturated carbocycles. The fourth-order valence-electron chi connectivity index (χ4n) is 2.59. The van der Waals surface area contributed by atoms with Crippen LogP contribution in [-0.4, -0.2) is 14.5 Å². The van der Waals surface area contributed by atoms with Crippen LogP contribution >= 0.6 is 11.6 Å². The van der Waals surface area contributed by atoms with Crippen LogP contribution in [0.15, 0.2) is 12.3 Å². The van der Waals surface area contributed by atoms with Crippen molar-refractivity contribution in [2.75, 3.05) is 0 Å². The lowest BCUT2D eigenvalue weighted by molar-refractivity contribution is 0.282. The molecular weight excluding hydrogens is 246 g/mol. The molecule has 0 saturated heterocycles. The van der Waals surface area contributed by atoms with Gasteiger partial charge in [-0.25, -0.2) is 9.97 Å². The second-order valence-corrected chi connectivity index (χ2v) is 5.52. The zero-order chi connectivity index (χ0) is 12.5. The van der Waals surface area contributed by atoms with Gasteiger partial charge in [-0.1, -0.05) is 19.3 Å². The number of aromatic nitrogens is 3. The van der Waals surface area contributed by atoms with Crippen molar-refractivity contribution in [1.82, 2.24) is 14.5 Å². The highest BCUT2D eigenvalue weighted by molar-refractivity contribution is 6.16. The van der Waals surface area contributed by atoms with E-state index in [-0.39, 0.29) is 0 Å². The molecule has 0 amide bonds. The molecule has 0 atom stereocenters. The van der Waals surface area contributed by atoms with Crippen molar-refractivity contribution in [3.63, 3.8) is 0 Å². The van der Waals surface area contributed by atoms with Gasteiger partial charge in [0.25, 0.3) is 0 Å². The van der Waals surface area contributed by atoms with Gasteiger partial charge in [0, 0.05) is 12.7 Å². The molecule has 0 unspecified atom stereocenters. The van der Waals surface area contributed by atoms with Crippen LogP contribution in [0.1, 0.15) is 37.1 Å². The van der Waals surface area contributed by atoms with Gasteiger partial charge in [0.1, 0.15) is 11.3 Å². The quantitative estimate of drug-likeness (QED) is 0.788. The highest BCUT2D eigenvalue weighted by Crippen LogP contribution is 2.30. The number of nitrogens with zero attached hydrogens (tertiary/aromatic N) is 3. The number of imidazole rings is 1. The van der Waals surface area contributed by atoms with Crippen LogP contribution in [-0.2, 0) is 12.4 Å². The average Bonchev–Trinajstić information content (AvgIpc) is 2.64. The summed E-state index contributed by atoms with van der Waals surface area (Å²) in [5.41, 5.74) is 3.10. The molecule has 18 heavy (non-hydrogen) atoms. The molecule has 96 valence electrons. The van der Waals surface area contributed by atoms with Gasteiger partial charge in [0.15, 0.2) is 5.65 Å². The van der Waals surface area contributed by atoms with Crippen LogP contribution in [0, 0.1) is 12.8 Å². The van der Waals surface area contributed by atoms with Crippen molar-refractivity contribution in [3.8, 4) is 0 Å². The molecule has 2 aromatic heterocycles. The van der Waals surface area contributed by atoms with Crippen LogP contribution in [0.2, 0.25) is 0 Å². The van der Waals surface area contributed by atoms with Crippen molar-refractivity contribution in [3.05, 3.63) is 23.7 Å². The fraction of sp³-hybridized carbons (Fsp3) is 0.571. The molecule has 3 rings (SSSR count). The highest BCUT2D eigenvalue weighted by atomic mass is 35.5. The van der Waals surface area contributed by atoms with Crippen LogP contribution in [0.5, 0.6) is 0 Å². The Kier molecular flexibility index (Phi) is 3.25. The van der Waals surface area contributed by atoms with Crippen molar-refractivity contribution in [1.29, 1.82) is 0 Å². The van der Waals surface area contributed by atoms with Gasteiger partial charge in [-0.15, -0.1) is 11.6 Å². The first kappa shape index (κ1) is 12.0. The largest absolute Gasteiger partial charge is 0.312 e. The summed E-state index contributed by atoms with van der Waals surface area (Å²) < 4.78 is 2.19. The Morgan fingerprint density at radius 2 is 2.28 bits per heavy atom. The van der Waals surface area contributed by atoms with Crippen molar-refractivity contribution in [2.45, 2.75) is 45.0 Å². The van der Waals surface area contributed by atoms with E-state index in [1.54, 1.807) is 0 Å². The molecule has 0 radical (unpaired) electrons. The maximum atomic E-state index is 6.00. The van der Waals surface area contributed by atoms with Crippen LogP contribution in [0.3, 0.4) is 0 Å². The van der Waals surface area contributed by atoms with Crippen molar-refractivity contribution < 1.29 is 0 Å². The van der Waals surface area contributed by atoms with Gasteiger partial charge in [-0.2, -0.15) is 0 Å². The number of fused-ring (bicyclic) bond motifs is 1. The van der Waals surface area contributed by atoms with E-state index in [9.17, 15) is 0 Å². The lowest BCUT2D eigenvalue weighted by Crippen LogP contribution is -2.15. The predicted octanol–water partition coefficient (Wildman–Crippen LogP) is 3.67. The molecule has 0 N–H and O–H groups in total. The standard InChI is InChI=1S/C14H18ClN3/c1-10-7-12-14(16-9-10)18(13(8-15)17-12)6-5-11-3-2-4-11/h7,9,11H,2-6,8H2,1H3. The first-order chi connectivity index (χ1) is 8.78. The average molecular weight is 264 g/mol. The molecule has 0 aliphatic heterocycles. The molecule has 0 bridgehead atoms. The van der Waals surface area contributed by atoms with Gasteiger partial charge >= 0.3 is 0 Å². The second-order valence-electron chi connectivity index (χ2n) is 5.25. The number of halogens is 1. The Bertz CT molecular complexity index is 557. The van der Waals surface area contributed by atoms with Crippen LogP contribution < -0.4 is 0 Å². The van der Waals surface area contributed by atoms with Gasteiger partial charge in [-0.3, -0.25) is 0 Å². The van der Waals surface area contributed by atoms with Crippen molar-refractivity contribution >= 4 is 22.8 Å². The minimum absolute atomic E-state index is 0.458. The smallest absolute Gasteiger partial charge is 0.160 e. The molecule has 4 heteroatoms. The molecular formula is C14H18ClN3. The minimum Gasteiger partial charge on any atom is -0.312 e. The lowest BCUT2D eigenvalue weighted by Gasteiger charge is -2.25. The zero-order valence-corrected chi connectivity index (χ0v) is 11.5. The molecule has 0 spiro atoms. The summed E-state index contributed by atoms with van der Waals surface area (Å²) in [4.78, 5) is 9.10. The topological polar surface area (TPSA) is 30.7 Å². The Hall–Kier alpha value is -1.09. The summed E-state index contributed by atoms with van der Waals surface area (Å²) in [5.74, 6) is 2.31. The monoisotopic (exact) mass is 263 g/mol. The van der Waals surface area contributed by atoms with Gasteiger partial charge in [-0.05, 0) is 30.9 Å². The first-order valence-electron chi connectivity index (χ1n) is 6.65. The third-order valence-electron chi connectivity index (χ3n) is 3.91. The van der Waals surface area contributed by atoms with Gasteiger partial charge in [0.05, 0.1) is 5.88 Å². The Morgan fingerprint density at radius 3 is 2.94 bits per heavy atom. The number of alkyl halides is 1. The Labute approximate surface area is 112 Å². The summed E-state index contributed by atoms with van der Waals surface area (Å²) in [6, 6.07) is 2.08. The maximum Gasteiger partial charge on any atom is 0.160 e. The molecule has 0 aromatic carbocycles. The fourth-order valence-corrected chi connectivity index (χ4v) is 2.79. The van der Waals surface area contributed by atoms with Gasteiger partial charge < -0.3 is 4.57 Å². The third-order valence-corrected chi connectivity index (χ3v) is 4.14.